The zero-order valence-corrected chi connectivity index (χ0v) is 31.2. The van der Waals surface area contributed by atoms with E-state index in [1.54, 1.807) is 0 Å². The average molecular weight is 724 g/mol. The Morgan fingerprint density at radius 1 is 0.536 bits per heavy atom. The van der Waals surface area contributed by atoms with Crippen LogP contribution in [0.3, 0.4) is 0 Å². The van der Waals surface area contributed by atoms with Gasteiger partial charge in [0.05, 0.1) is 5.52 Å². The standard InChI is InChI=1S/C51H41N5/c1-4-15-34(16-5-1)49-52-50(56-51(55(49)56)35-17-6-2-7-18-35)38-19-14-22-40(31-38)54-46-26-13-11-24-42(46)44-33-37(28-30-48(44)54)36-27-29-47-43(32-36)41-23-10-12-25-45(41)53(47)39-20-8-3-9-21-39/h1-9,12-22,25-32,37,50-51H,10-11,23-24,33H2. The van der Waals surface area contributed by atoms with E-state index in [-0.39, 0.29) is 12.3 Å². The zero-order valence-electron chi connectivity index (χ0n) is 31.2. The van der Waals surface area contributed by atoms with E-state index >= 15 is 0 Å². The van der Waals surface area contributed by atoms with Gasteiger partial charge in [0.15, 0.2) is 0 Å². The molecule has 0 bridgehead atoms. The number of rotatable bonds is 6. The largest absolute Gasteiger partial charge is 0.310 e. The highest BCUT2D eigenvalue weighted by Gasteiger charge is 2.57. The molecule has 0 radical (unpaired) electrons. The van der Waals surface area contributed by atoms with Crippen molar-refractivity contribution in [3.8, 4) is 11.4 Å². The summed E-state index contributed by atoms with van der Waals surface area (Å²) < 4.78 is 4.97. The summed E-state index contributed by atoms with van der Waals surface area (Å²) in [6.07, 6.45) is 19.7. The Morgan fingerprint density at radius 3 is 2.02 bits per heavy atom. The van der Waals surface area contributed by atoms with E-state index in [0.717, 1.165) is 43.5 Å². The quantitative estimate of drug-likeness (QED) is 0.160. The molecule has 3 aliphatic carbocycles. The Bertz CT molecular complexity index is 2800. The Balaban J connectivity index is 0.919. The molecule has 56 heavy (non-hydrogen) atoms. The maximum Gasteiger partial charge on any atom is 0.150 e. The normalized spacial score (nSPS) is 21.4. The highest BCUT2D eigenvalue weighted by molar-refractivity contribution is 6.01. The van der Waals surface area contributed by atoms with Crippen molar-refractivity contribution >= 4 is 35.0 Å². The lowest BCUT2D eigenvalue weighted by Gasteiger charge is -2.21. The van der Waals surface area contributed by atoms with Crippen LogP contribution in [0.25, 0.3) is 40.5 Å². The van der Waals surface area contributed by atoms with Gasteiger partial charge in [-0.15, -0.1) is 0 Å². The summed E-state index contributed by atoms with van der Waals surface area (Å²) in [6, 6.07) is 48.7. The molecule has 5 aliphatic rings. The molecule has 0 amide bonds. The van der Waals surface area contributed by atoms with Crippen molar-refractivity contribution < 1.29 is 0 Å². The van der Waals surface area contributed by atoms with Crippen LogP contribution in [-0.4, -0.2) is 25.0 Å². The van der Waals surface area contributed by atoms with E-state index in [2.05, 4.69) is 189 Å². The molecular weight excluding hydrogens is 683 g/mol. The van der Waals surface area contributed by atoms with Crippen molar-refractivity contribution in [3.05, 3.63) is 208 Å². The van der Waals surface area contributed by atoms with Crippen LogP contribution in [0.15, 0.2) is 157 Å². The van der Waals surface area contributed by atoms with Crippen LogP contribution in [0, 0.1) is 0 Å². The van der Waals surface area contributed by atoms with Crippen LogP contribution < -0.4 is 0 Å². The van der Waals surface area contributed by atoms with Crippen LogP contribution in [0.5, 0.6) is 0 Å². The van der Waals surface area contributed by atoms with Crippen molar-refractivity contribution in [1.29, 1.82) is 0 Å². The number of fused-ring (bicyclic) bond motifs is 7. The fourth-order valence-electron chi connectivity index (χ4n) is 9.99. The molecule has 5 heteroatoms. The van der Waals surface area contributed by atoms with Crippen LogP contribution >= 0.6 is 0 Å². The molecule has 5 aromatic carbocycles. The zero-order chi connectivity index (χ0) is 36.7. The molecule has 0 saturated carbocycles. The number of allylic oxidation sites excluding steroid dienone is 3. The highest BCUT2D eigenvalue weighted by Crippen LogP contribution is 2.54. The Kier molecular flexibility index (Phi) is 7.15. The first-order valence-corrected chi connectivity index (χ1v) is 20.2. The number of nitrogens with zero attached hydrogens (tertiary/aromatic N) is 5. The van der Waals surface area contributed by atoms with Gasteiger partial charge in [0.1, 0.15) is 18.2 Å². The van der Waals surface area contributed by atoms with Crippen LogP contribution in [0.4, 0.5) is 0 Å². The van der Waals surface area contributed by atoms with Gasteiger partial charge in [0.25, 0.3) is 0 Å². The van der Waals surface area contributed by atoms with Crippen molar-refractivity contribution in [2.24, 2.45) is 4.99 Å². The van der Waals surface area contributed by atoms with Gasteiger partial charge in [-0.2, -0.15) is 5.01 Å². The molecule has 4 atom stereocenters. The molecule has 5 nitrogen and oxygen atoms in total. The molecular formula is C51H41N5. The lowest BCUT2D eigenvalue weighted by Crippen LogP contribution is -2.11. The Labute approximate surface area is 327 Å². The summed E-state index contributed by atoms with van der Waals surface area (Å²) in [5.74, 6) is 1.36. The first kappa shape index (κ1) is 31.9. The van der Waals surface area contributed by atoms with Gasteiger partial charge in [0, 0.05) is 45.3 Å². The van der Waals surface area contributed by atoms with E-state index in [0.29, 0.717) is 5.92 Å². The molecule has 2 aliphatic heterocycles. The van der Waals surface area contributed by atoms with Gasteiger partial charge < -0.3 is 9.13 Å². The molecule has 4 unspecified atom stereocenters. The predicted octanol–water partition coefficient (Wildman–Crippen LogP) is 11.4. The van der Waals surface area contributed by atoms with Gasteiger partial charge in [-0.3, -0.25) is 5.01 Å². The lowest BCUT2D eigenvalue weighted by molar-refractivity contribution is 0.341. The minimum absolute atomic E-state index is 0.0963. The van der Waals surface area contributed by atoms with E-state index < -0.39 is 0 Å². The number of aromatic nitrogens is 2. The van der Waals surface area contributed by atoms with Crippen LogP contribution in [0.2, 0.25) is 0 Å². The summed E-state index contributed by atoms with van der Waals surface area (Å²) in [6.45, 7) is 0. The molecule has 1 fully saturated rings. The summed E-state index contributed by atoms with van der Waals surface area (Å²) in [5.41, 5.74) is 17.2. The highest BCUT2D eigenvalue weighted by atomic mass is 15.9. The molecule has 2 aromatic heterocycles. The van der Waals surface area contributed by atoms with E-state index in [9.17, 15) is 0 Å². The first-order chi connectivity index (χ1) is 27.8. The Hall–Kier alpha value is -6.43. The second-order valence-corrected chi connectivity index (χ2v) is 15.7. The number of para-hydroxylation sites is 1. The molecule has 12 rings (SSSR count). The molecule has 270 valence electrons. The van der Waals surface area contributed by atoms with Crippen molar-refractivity contribution in [1.82, 2.24) is 19.2 Å². The molecule has 4 heterocycles. The second kappa shape index (κ2) is 12.6. The molecule has 7 aromatic rings. The van der Waals surface area contributed by atoms with Crippen LogP contribution in [-0.2, 0) is 19.3 Å². The van der Waals surface area contributed by atoms with E-state index in [1.807, 2.05) is 0 Å². The molecule has 0 N–H and O–H groups in total. The van der Waals surface area contributed by atoms with Crippen LogP contribution in [0.1, 0.15) is 87.1 Å². The minimum atomic E-state index is -0.0963. The third kappa shape index (κ3) is 4.87. The lowest BCUT2D eigenvalue weighted by atomic mass is 9.84. The summed E-state index contributed by atoms with van der Waals surface area (Å²) in [5, 5.41) is 6.20. The number of hydrogen-bond donors (Lipinski definition) is 0. The van der Waals surface area contributed by atoms with Crippen molar-refractivity contribution in [2.75, 3.05) is 0 Å². The summed E-state index contributed by atoms with van der Waals surface area (Å²) in [7, 11) is 0. The maximum atomic E-state index is 5.37. The molecule has 0 spiro atoms. The third-order valence-corrected chi connectivity index (χ3v) is 12.6. The van der Waals surface area contributed by atoms with Gasteiger partial charge >= 0.3 is 0 Å². The van der Waals surface area contributed by atoms with Crippen molar-refractivity contribution in [3.63, 3.8) is 0 Å². The fourth-order valence-corrected chi connectivity index (χ4v) is 9.99. The Morgan fingerprint density at radius 2 is 1.21 bits per heavy atom. The number of amidine groups is 1. The average Bonchev–Trinajstić information content (AvgIpc) is 3.54. The number of aliphatic imine (C=N–C) groups is 1. The summed E-state index contributed by atoms with van der Waals surface area (Å²) in [4.78, 5) is 5.37. The van der Waals surface area contributed by atoms with E-state index in [4.69, 9.17) is 4.99 Å². The van der Waals surface area contributed by atoms with Crippen molar-refractivity contribution in [2.45, 2.75) is 50.4 Å². The topological polar surface area (TPSA) is 28.2 Å². The number of aryl methyl sites for hydroxylation is 1. The number of hydrogen-bond acceptors (Lipinski definition) is 3. The van der Waals surface area contributed by atoms with Gasteiger partial charge in [0.2, 0.25) is 0 Å². The predicted molar refractivity (Wildman–Crippen MR) is 228 cm³/mol. The monoisotopic (exact) mass is 723 g/mol. The number of hydrazine groups is 1. The van der Waals surface area contributed by atoms with Gasteiger partial charge in [-0.25, -0.2) is 4.99 Å². The second-order valence-electron chi connectivity index (χ2n) is 15.7. The molecule has 1 saturated heterocycles. The first-order valence-electron chi connectivity index (χ1n) is 20.2. The van der Waals surface area contributed by atoms with Gasteiger partial charge in [-0.1, -0.05) is 115 Å². The third-order valence-electron chi connectivity index (χ3n) is 12.6. The SMILES string of the molecule is C1=Cc2c(c3c(n2-c2cccc(C4N=C(c5ccccc5)N5C(c6ccccc6)N45)c2)C=CC(c2ccc4c(c2)c2c(n4-c4ccccc4)C=CCC2)C3)CC1. The number of benzene rings is 5. The smallest absolute Gasteiger partial charge is 0.150 e. The fraction of sp³-hybridized carbons (Fsp3) is 0.157. The van der Waals surface area contributed by atoms with Gasteiger partial charge in [-0.05, 0) is 120 Å². The minimum Gasteiger partial charge on any atom is -0.310 e. The van der Waals surface area contributed by atoms with E-state index in [1.165, 1.54) is 72.7 Å². The summed E-state index contributed by atoms with van der Waals surface area (Å²) >= 11 is 0. The maximum absolute atomic E-state index is 5.37.